The van der Waals surface area contributed by atoms with Gasteiger partial charge in [-0.3, -0.25) is 0 Å². The van der Waals surface area contributed by atoms with E-state index in [0.717, 1.165) is 11.3 Å². The van der Waals surface area contributed by atoms with Gasteiger partial charge in [-0.2, -0.15) is 0 Å². The molecule has 0 aromatic heterocycles. The van der Waals surface area contributed by atoms with Crippen molar-refractivity contribution in [3.8, 4) is 5.75 Å². The third-order valence-electron chi connectivity index (χ3n) is 2.91. The topological polar surface area (TPSA) is 81.4 Å². The molecule has 0 amide bonds. The van der Waals surface area contributed by atoms with Crippen LogP contribution in [0, 0.1) is 0 Å². The Morgan fingerprint density at radius 3 is 2.43 bits per heavy atom. The van der Waals surface area contributed by atoms with Crippen molar-refractivity contribution in [2.45, 2.75) is 11.4 Å². The van der Waals surface area contributed by atoms with Gasteiger partial charge in [-0.05, 0) is 51.8 Å². The lowest BCUT2D eigenvalue weighted by Gasteiger charge is -2.08. The van der Waals surface area contributed by atoms with Crippen molar-refractivity contribution in [1.29, 1.82) is 0 Å². The number of hydrogen-bond donors (Lipinski definition) is 2. The van der Waals surface area contributed by atoms with Crippen LogP contribution in [0.3, 0.4) is 0 Å². The van der Waals surface area contributed by atoms with E-state index in [-0.39, 0.29) is 11.4 Å². The highest BCUT2D eigenvalue weighted by molar-refractivity contribution is 9.10. The Morgan fingerprint density at radius 1 is 1.19 bits per heavy atom. The second-order valence-electron chi connectivity index (χ2n) is 4.36. The number of nitrogens with two attached hydrogens (primary N) is 1. The molecule has 0 unspecified atom stereocenters. The quantitative estimate of drug-likeness (QED) is 0.792. The fourth-order valence-electron chi connectivity index (χ4n) is 1.68. The molecular weight excluding hydrogens is 356 g/mol. The van der Waals surface area contributed by atoms with Crippen LogP contribution in [0.25, 0.3) is 0 Å². The van der Waals surface area contributed by atoms with E-state index in [0.29, 0.717) is 10.2 Å². The lowest BCUT2D eigenvalue weighted by molar-refractivity contribution is 0.414. The highest BCUT2D eigenvalue weighted by Gasteiger charge is 2.14. The zero-order chi connectivity index (χ0) is 15.5. The molecule has 0 fully saturated rings. The standard InChI is InChI=1S/C14H15BrN2O3S/c1-20-11-4-2-10(3-5-11)9-17-21(18,19)12-6-7-14(16)13(15)8-12/h2-8,17H,9,16H2,1H3. The molecule has 0 heterocycles. The number of rotatable bonds is 5. The van der Waals surface area contributed by atoms with E-state index in [1.165, 1.54) is 12.1 Å². The van der Waals surface area contributed by atoms with Gasteiger partial charge in [0, 0.05) is 16.7 Å². The minimum absolute atomic E-state index is 0.164. The molecule has 0 saturated carbocycles. The number of ether oxygens (including phenoxy) is 1. The Morgan fingerprint density at radius 2 is 1.86 bits per heavy atom. The maximum absolute atomic E-state index is 12.2. The number of methoxy groups -OCH3 is 1. The molecule has 0 saturated heterocycles. The fraction of sp³-hybridized carbons (Fsp3) is 0.143. The van der Waals surface area contributed by atoms with Crippen molar-refractivity contribution in [3.63, 3.8) is 0 Å². The maximum Gasteiger partial charge on any atom is 0.240 e. The summed E-state index contributed by atoms with van der Waals surface area (Å²) in [6.45, 7) is 0.203. The number of halogens is 1. The van der Waals surface area contributed by atoms with E-state index in [1.54, 1.807) is 37.4 Å². The molecule has 0 aliphatic rings. The summed E-state index contributed by atoms with van der Waals surface area (Å²) in [5, 5.41) is 0. The summed E-state index contributed by atoms with van der Waals surface area (Å²) in [7, 11) is -2.00. The first kappa shape index (κ1) is 15.8. The third kappa shape index (κ3) is 3.96. The Labute approximate surface area is 132 Å². The minimum Gasteiger partial charge on any atom is -0.497 e. The lowest BCUT2D eigenvalue weighted by atomic mass is 10.2. The SMILES string of the molecule is COc1ccc(CNS(=O)(=O)c2ccc(N)c(Br)c2)cc1. The van der Waals surface area contributed by atoms with E-state index in [9.17, 15) is 8.42 Å². The van der Waals surface area contributed by atoms with Crippen molar-refractivity contribution in [3.05, 3.63) is 52.5 Å². The Hall–Kier alpha value is -1.57. The van der Waals surface area contributed by atoms with E-state index in [2.05, 4.69) is 20.7 Å². The van der Waals surface area contributed by atoms with Crippen LogP contribution in [0.1, 0.15) is 5.56 Å². The molecule has 2 aromatic carbocycles. The number of hydrogen-bond acceptors (Lipinski definition) is 4. The lowest BCUT2D eigenvalue weighted by Crippen LogP contribution is -2.23. The van der Waals surface area contributed by atoms with E-state index in [4.69, 9.17) is 10.5 Å². The molecular formula is C14H15BrN2O3S. The van der Waals surface area contributed by atoms with Crippen LogP contribution in [0.5, 0.6) is 5.75 Å². The smallest absolute Gasteiger partial charge is 0.240 e. The highest BCUT2D eigenvalue weighted by Crippen LogP contribution is 2.23. The molecule has 0 atom stereocenters. The predicted molar refractivity (Wildman–Crippen MR) is 85.6 cm³/mol. The molecule has 5 nitrogen and oxygen atoms in total. The first-order chi connectivity index (χ1) is 9.92. The number of sulfonamides is 1. The van der Waals surface area contributed by atoms with Gasteiger partial charge in [0.2, 0.25) is 10.0 Å². The van der Waals surface area contributed by atoms with Gasteiger partial charge in [-0.15, -0.1) is 0 Å². The molecule has 0 spiro atoms. The van der Waals surface area contributed by atoms with Crippen LogP contribution >= 0.6 is 15.9 Å². The molecule has 112 valence electrons. The number of nitrogens with one attached hydrogen (secondary N) is 1. The van der Waals surface area contributed by atoms with Crippen LogP contribution in [0.15, 0.2) is 51.8 Å². The zero-order valence-corrected chi connectivity index (χ0v) is 13.7. The largest absolute Gasteiger partial charge is 0.497 e. The van der Waals surface area contributed by atoms with Gasteiger partial charge in [0.25, 0.3) is 0 Å². The van der Waals surface area contributed by atoms with E-state index in [1.807, 2.05) is 0 Å². The van der Waals surface area contributed by atoms with Gasteiger partial charge in [0.05, 0.1) is 12.0 Å². The van der Waals surface area contributed by atoms with Gasteiger partial charge in [-0.25, -0.2) is 13.1 Å². The molecule has 2 aromatic rings. The molecule has 3 N–H and O–H groups in total. The van der Waals surface area contributed by atoms with Gasteiger partial charge >= 0.3 is 0 Å². The average molecular weight is 371 g/mol. The average Bonchev–Trinajstić information content (AvgIpc) is 2.48. The number of anilines is 1. The summed E-state index contributed by atoms with van der Waals surface area (Å²) in [6, 6.07) is 11.7. The molecule has 0 aliphatic carbocycles. The Balaban J connectivity index is 2.11. The fourth-order valence-corrected chi connectivity index (χ4v) is 3.25. The Kier molecular flexibility index (Phi) is 4.87. The molecule has 2 rings (SSSR count). The normalized spacial score (nSPS) is 11.3. The van der Waals surface area contributed by atoms with Crippen molar-refractivity contribution in [2.75, 3.05) is 12.8 Å². The molecule has 0 bridgehead atoms. The van der Waals surface area contributed by atoms with Crippen LogP contribution in [0.4, 0.5) is 5.69 Å². The van der Waals surface area contributed by atoms with Crippen LogP contribution in [0.2, 0.25) is 0 Å². The van der Waals surface area contributed by atoms with Crippen molar-refractivity contribution < 1.29 is 13.2 Å². The molecule has 7 heteroatoms. The Bertz CT molecular complexity index is 730. The van der Waals surface area contributed by atoms with Crippen LogP contribution in [-0.2, 0) is 16.6 Å². The molecule has 21 heavy (non-hydrogen) atoms. The van der Waals surface area contributed by atoms with Gasteiger partial charge < -0.3 is 10.5 Å². The maximum atomic E-state index is 12.2. The summed E-state index contributed by atoms with van der Waals surface area (Å²) in [5.74, 6) is 0.726. The highest BCUT2D eigenvalue weighted by atomic mass is 79.9. The summed E-state index contributed by atoms with van der Waals surface area (Å²) >= 11 is 3.22. The van der Waals surface area contributed by atoms with Crippen LogP contribution in [-0.4, -0.2) is 15.5 Å². The van der Waals surface area contributed by atoms with E-state index >= 15 is 0 Å². The summed E-state index contributed by atoms with van der Waals surface area (Å²) in [6.07, 6.45) is 0. The predicted octanol–water partition coefficient (Wildman–Crippen LogP) is 2.52. The number of nitrogen functional groups attached to an aromatic ring is 1. The summed E-state index contributed by atoms with van der Waals surface area (Å²) in [4.78, 5) is 0.164. The minimum atomic E-state index is -3.58. The second-order valence-corrected chi connectivity index (χ2v) is 6.98. The summed E-state index contributed by atoms with van der Waals surface area (Å²) in [5.41, 5.74) is 6.98. The molecule has 0 aliphatic heterocycles. The monoisotopic (exact) mass is 370 g/mol. The van der Waals surface area contributed by atoms with Crippen molar-refractivity contribution in [1.82, 2.24) is 4.72 Å². The van der Waals surface area contributed by atoms with E-state index < -0.39 is 10.0 Å². The van der Waals surface area contributed by atoms with Crippen molar-refractivity contribution in [2.24, 2.45) is 0 Å². The van der Waals surface area contributed by atoms with Gasteiger partial charge in [-0.1, -0.05) is 12.1 Å². The third-order valence-corrected chi connectivity index (χ3v) is 4.99. The molecule has 0 radical (unpaired) electrons. The first-order valence-corrected chi connectivity index (χ1v) is 8.37. The zero-order valence-electron chi connectivity index (χ0n) is 11.3. The van der Waals surface area contributed by atoms with Gasteiger partial charge in [0.15, 0.2) is 0 Å². The first-order valence-electron chi connectivity index (χ1n) is 6.10. The summed E-state index contributed by atoms with van der Waals surface area (Å²) < 4.78 is 32.5. The van der Waals surface area contributed by atoms with Crippen molar-refractivity contribution >= 4 is 31.6 Å². The second kappa shape index (κ2) is 6.46. The van der Waals surface area contributed by atoms with Crippen LogP contribution < -0.4 is 15.2 Å². The van der Waals surface area contributed by atoms with Gasteiger partial charge in [0.1, 0.15) is 5.75 Å². The number of benzene rings is 2.